The van der Waals surface area contributed by atoms with Crippen LogP contribution in [0.25, 0.3) is 0 Å². The monoisotopic (exact) mass is 249 g/mol. The number of nitro benzene ring substituents is 1. The highest BCUT2D eigenvalue weighted by Gasteiger charge is 2.21. The lowest BCUT2D eigenvalue weighted by Gasteiger charge is -2.22. The number of nitro groups is 1. The van der Waals surface area contributed by atoms with Crippen LogP contribution < -0.4 is 5.32 Å². The highest BCUT2D eigenvalue weighted by molar-refractivity contribution is 5.55. The summed E-state index contributed by atoms with van der Waals surface area (Å²) in [6.07, 6.45) is 2.43. The van der Waals surface area contributed by atoms with Gasteiger partial charge < -0.3 is 5.32 Å². The van der Waals surface area contributed by atoms with Crippen LogP contribution in [0, 0.1) is 10.1 Å². The van der Waals surface area contributed by atoms with Crippen molar-refractivity contribution in [2.45, 2.75) is 32.4 Å². The molecule has 1 atom stereocenters. The summed E-state index contributed by atoms with van der Waals surface area (Å²) in [6, 6.07) is 5.57. The van der Waals surface area contributed by atoms with E-state index in [1.165, 1.54) is 12.8 Å². The molecule has 0 bridgehead atoms. The Morgan fingerprint density at radius 3 is 2.89 bits per heavy atom. The number of non-ortho nitro benzene ring substituents is 1. The molecule has 0 aliphatic carbocycles. The van der Waals surface area contributed by atoms with Crippen LogP contribution in [-0.4, -0.2) is 29.5 Å². The van der Waals surface area contributed by atoms with E-state index in [0.29, 0.717) is 6.04 Å². The highest BCUT2D eigenvalue weighted by atomic mass is 16.6. The Kier molecular flexibility index (Phi) is 3.81. The van der Waals surface area contributed by atoms with Gasteiger partial charge in [0.05, 0.1) is 4.92 Å². The van der Waals surface area contributed by atoms with Gasteiger partial charge in [-0.05, 0) is 37.9 Å². The third kappa shape index (κ3) is 2.61. The fourth-order valence-electron chi connectivity index (χ4n) is 2.51. The second-order valence-corrected chi connectivity index (χ2v) is 4.81. The summed E-state index contributed by atoms with van der Waals surface area (Å²) in [7, 11) is 1.85. The van der Waals surface area contributed by atoms with Crippen LogP contribution in [0.1, 0.15) is 25.3 Å². The Hall–Kier alpha value is -1.62. The number of benzene rings is 1. The molecule has 1 aliphatic heterocycles. The van der Waals surface area contributed by atoms with Gasteiger partial charge >= 0.3 is 0 Å². The highest BCUT2D eigenvalue weighted by Crippen LogP contribution is 2.26. The zero-order chi connectivity index (χ0) is 13.1. The Morgan fingerprint density at radius 1 is 1.56 bits per heavy atom. The van der Waals surface area contributed by atoms with Crippen molar-refractivity contribution >= 4 is 11.4 Å². The average Bonchev–Trinajstić information content (AvgIpc) is 2.75. The standard InChI is InChI=1S/C13H19N3O2/c1-10-4-3-7-15(10)9-11-8-12(16(17)18)5-6-13(11)14-2/h5-6,8,10,14H,3-4,7,9H2,1-2H3. The maximum absolute atomic E-state index is 10.8. The number of rotatable bonds is 4. The zero-order valence-electron chi connectivity index (χ0n) is 10.8. The maximum atomic E-state index is 10.8. The first-order valence-electron chi connectivity index (χ1n) is 6.31. The molecule has 1 unspecified atom stereocenters. The van der Waals surface area contributed by atoms with E-state index in [-0.39, 0.29) is 10.6 Å². The quantitative estimate of drug-likeness (QED) is 0.658. The van der Waals surface area contributed by atoms with Crippen molar-refractivity contribution in [2.75, 3.05) is 18.9 Å². The van der Waals surface area contributed by atoms with Crippen LogP contribution in [0.4, 0.5) is 11.4 Å². The van der Waals surface area contributed by atoms with E-state index in [9.17, 15) is 10.1 Å². The predicted octanol–water partition coefficient (Wildman–Crippen LogP) is 2.62. The fourth-order valence-corrected chi connectivity index (χ4v) is 2.51. The van der Waals surface area contributed by atoms with Gasteiger partial charge in [0, 0.05) is 37.5 Å². The van der Waals surface area contributed by atoms with Gasteiger partial charge in [0.25, 0.3) is 5.69 Å². The lowest BCUT2D eigenvalue weighted by atomic mass is 10.1. The molecule has 0 amide bonds. The second-order valence-electron chi connectivity index (χ2n) is 4.81. The molecule has 5 heteroatoms. The molecule has 1 heterocycles. The number of nitrogens with zero attached hydrogens (tertiary/aromatic N) is 2. The van der Waals surface area contributed by atoms with Crippen LogP contribution >= 0.6 is 0 Å². The third-order valence-corrected chi connectivity index (χ3v) is 3.63. The molecule has 2 rings (SSSR count). The summed E-state index contributed by atoms with van der Waals surface area (Å²) in [6.45, 7) is 4.06. The van der Waals surface area contributed by atoms with Crippen LogP contribution in [0.5, 0.6) is 0 Å². The molecular weight excluding hydrogens is 230 g/mol. The van der Waals surface area contributed by atoms with E-state index in [0.717, 1.165) is 24.3 Å². The minimum atomic E-state index is -0.337. The molecule has 98 valence electrons. The summed E-state index contributed by atoms with van der Waals surface area (Å²) in [5.41, 5.74) is 2.14. The van der Waals surface area contributed by atoms with Gasteiger partial charge in [-0.3, -0.25) is 15.0 Å². The van der Waals surface area contributed by atoms with Gasteiger partial charge in [0.1, 0.15) is 0 Å². The van der Waals surface area contributed by atoms with E-state index in [1.807, 2.05) is 7.05 Å². The van der Waals surface area contributed by atoms with E-state index in [4.69, 9.17) is 0 Å². The molecule has 18 heavy (non-hydrogen) atoms. The van der Waals surface area contributed by atoms with Crippen molar-refractivity contribution < 1.29 is 4.92 Å². The van der Waals surface area contributed by atoms with Crippen molar-refractivity contribution in [1.82, 2.24) is 4.90 Å². The van der Waals surface area contributed by atoms with Crippen molar-refractivity contribution in [2.24, 2.45) is 0 Å². The normalized spacial score (nSPS) is 20.0. The van der Waals surface area contributed by atoms with E-state index < -0.39 is 0 Å². The van der Waals surface area contributed by atoms with Crippen LogP contribution in [0.3, 0.4) is 0 Å². The first-order chi connectivity index (χ1) is 8.61. The fraction of sp³-hybridized carbons (Fsp3) is 0.538. The summed E-state index contributed by atoms with van der Waals surface area (Å²) in [5.74, 6) is 0. The van der Waals surface area contributed by atoms with Crippen molar-refractivity contribution in [3.05, 3.63) is 33.9 Å². The Labute approximate surface area is 107 Å². The molecule has 0 radical (unpaired) electrons. The van der Waals surface area contributed by atoms with Crippen molar-refractivity contribution in [1.29, 1.82) is 0 Å². The SMILES string of the molecule is CNc1ccc([N+](=O)[O-])cc1CN1CCCC1C. The van der Waals surface area contributed by atoms with Gasteiger partial charge in [-0.25, -0.2) is 0 Å². The number of likely N-dealkylation sites (tertiary alicyclic amines) is 1. The minimum absolute atomic E-state index is 0.163. The van der Waals surface area contributed by atoms with Gasteiger partial charge in [-0.15, -0.1) is 0 Å². The largest absolute Gasteiger partial charge is 0.388 e. The zero-order valence-corrected chi connectivity index (χ0v) is 10.8. The first kappa shape index (κ1) is 12.8. The Balaban J connectivity index is 2.23. The third-order valence-electron chi connectivity index (χ3n) is 3.63. The summed E-state index contributed by atoms with van der Waals surface area (Å²) >= 11 is 0. The van der Waals surface area contributed by atoms with E-state index in [1.54, 1.807) is 18.2 Å². The summed E-state index contributed by atoms with van der Waals surface area (Å²) in [4.78, 5) is 12.9. The molecular formula is C13H19N3O2. The number of nitrogens with one attached hydrogen (secondary N) is 1. The lowest BCUT2D eigenvalue weighted by Crippen LogP contribution is -2.26. The molecule has 1 fully saturated rings. The predicted molar refractivity (Wildman–Crippen MR) is 71.7 cm³/mol. The first-order valence-corrected chi connectivity index (χ1v) is 6.31. The van der Waals surface area contributed by atoms with E-state index >= 15 is 0 Å². The van der Waals surface area contributed by atoms with Crippen molar-refractivity contribution in [3.8, 4) is 0 Å². The van der Waals surface area contributed by atoms with Gasteiger partial charge in [-0.2, -0.15) is 0 Å². The second kappa shape index (κ2) is 5.35. The average molecular weight is 249 g/mol. The topological polar surface area (TPSA) is 58.4 Å². The number of hydrogen-bond donors (Lipinski definition) is 1. The van der Waals surface area contributed by atoms with Gasteiger partial charge in [0.15, 0.2) is 0 Å². The molecule has 1 aromatic rings. The molecule has 1 saturated heterocycles. The van der Waals surface area contributed by atoms with Crippen molar-refractivity contribution in [3.63, 3.8) is 0 Å². The molecule has 0 spiro atoms. The van der Waals surface area contributed by atoms with Gasteiger partial charge in [0.2, 0.25) is 0 Å². The van der Waals surface area contributed by atoms with Crippen LogP contribution in [0.15, 0.2) is 18.2 Å². The van der Waals surface area contributed by atoms with Gasteiger partial charge in [-0.1, -0.05) is 0 Å². The smallest absolute Gasteiger partial charge is 0.269 e. The maximum Gasteiger partial charge on any atom is 0.269 e. The Morgan fingerprint density at radius 2 is 2.33 bits per heavy atom. The molecule has 1 aromatic carbocycles. The molecule has 5 nitrogen and oxygen atoms in total. The van der Waals surface area contributed by atoms with Crippen LogP contribution in [-0.2, 0) is 6.54 Å². The molecule has 1 aliphatic rings. The van der Waals surface area contributed by atoms with E-state index in [2.05, 4.69) is 17.1 Å². The number of hydrogen-bond acceptors (Lipinski definition) is 4. The lowest BCUT2D eigenvalue weighted by molar-refractivity contribution is -0.384. The Bertz CT molecular complexity index is 448. The minimum Gasteiger partial charge on any atom is -0.388 e. The molecule has 0 aromatic heterocycles. The van der Waals surface area contributed by atoms with Crippen LogP contribution in [0.2, 0.25) is 0 Å². The number of anilines is 1. The molecule has 1 N–H and O–H groups in total. The summed E-state index contributed by atoms with van der Waals surface area (Å²) < 4.78 is 0. The summed E-state index contributed by atoms with van der Waals surface area (Å²) in [5, 5.41) is 13.9. The molecule has 0 saturated carbocycles.